The number of benzene rings is 3. The fraction of sp³-hybridized carbons (Fsp3) is 0.125. The third-order valence-corrected chi connectivity index (χ3v) is 8.29. The minimum absolute atomic E-state index is 0.108. The number of thiazole rings is 1. The Morgan fingerprint density at radius 3 is 2.39 bits per heavy atom. The number of aromatic nitrogens is 1. The van der Waals surface area contributed by atoms with E-state index in [4.69, 9.17) is 58.0 Å². The van der Waals surface area contributed by atoms with Crippen molar-refractivity contribution in [2.24, 2.45) is 5.92 Å². The normalized spacial score (nSPS) is 18.2. The van der Waals surface area contributed by atoms with Gasteiger partial charge in [0.05, 0.1) is 26.7 Å². The van der Waals surface area contributed by atoms with Crippen molar-refractivity contribution >= 4 is 102 Å². The van der Waals surface area contributed by atoms with Crippen molar-refractivity contribution in [3.8, 4) is 0 Å². The number of nitrogens with zero attached hydrogens (tertiary/aromatic N) is 1. The van der Waals surface area contributed by atoms with Gasteiger partial charge in [0.25, 0.3) is 5.91 Å². The first-order valence-corrected chi connectivity index (χ1v) is 13.1. The number of rotatable bonds is 5. The Hall–Kier alpha value is -2.13. The quantitative estimate of drug-likeness (QED) is 0.226. The van der Waals surface area contributed by atoms with Crippen LogP contribution in [0.15, 0.2) is 54.6 Å². The summed E-state index contributed by atoms with van der Waals surface area (Å²) in [7, 11) is 0. The lowest BCUT2D eigenvalue weighted by Gasteiger charge is -2.09. The van der Waals surface area contributed by atoms with Gasteiger partial charge in [-0.3, -0.25) is 14.9 Å². The molecule has 12 heteroatoms. The van der Waals surface area contributed by atoms with Gasteiger partial charge in [0, 0.05) is 27.7 Å². The number of halogens is 6. The molecular weight excluding hydrogens is 591 g/mol. The fourth-order valence-electron chi connectivity index (χ4n) is 3.94. The Morgan fingerprint density at radius 1 is 0.944 bits per heavy atom. The number of nitrogens with one attached hydrogen (secondary N) is 2. The van der Waals surface area contributed by atoms with Gasteiger partial charge in [-0.1, -0.05) is 46.1 Å². The molecule has 1 aliphatic carbocycles. The molecule has 2 atom stereocenters. The monoisotopic (exact) mass is 601 g/mol. The van der Waals surface area contributed by atoms with E-state index in [9.17, 15) is 14.0 Å². The predicted octanol–water partition coefficient (Wildman–Crippen LogP) is 8.17. The molecule has 36 heavy (non-hydrogen) atoms. The number of carbonyl (C=O) groups is 2. The molecule has 0 radical (unpaired) electrons. The maximum Gasteiger partial charge on any atom is 0.259 e. The number of alkyl halides is 2. The molecule has 1 saturated carbocycles. The summed E-state index contributed by atoms with van der Waals surface area (Å²) in [4.78, 5) is 30.1. The second-order valence-electron chi connectivity index (χ2n) is 8.10. The van der Waals surface area contributed by atoms with Crippen molar-refractivity contribution in [3.63, 3.8) is 0 Å². The zero-order valence-corrected chi connectivity index (χ0v) is 22.4. The van der Waals surface area contributed by atoms with Crippen molar-refractivity contribution in [1.82, 2.24) is 4.98 Å². The Balaban J connectivity index is 1.33. The molecule has 0 aliphatic heterocycles. The van der Waals surface area contributed by atoms with Crippen molar-refractivity contribution < 1.29 is 14.0 Å². The van der Waals surface area contributed by atoms with Gasteiger partial charge in [-0.05, 0) is 54.1 Å². The summed E-state index contributed by atoms with van der Waals surface area (Å²) in [5.41, 5.74) is 1.49. The predicted molar refractivity (Wildman–Crippen MR) is 145 cm³/mol. The first-order chi connectivity index (χ1) is 17.0. The molecule has 1 aromatic heterocycles. The van der Waals surface area contributed by atoms with E-state index in [1.165, 1.54) is 35.6 Å². The van der Waals surface area contributed by atoms with Crippen LogP contribution in [0.3, 0.4) is 0 Å². The Labute approximate surface area is 233 Å². The van der Waals surface area contributed by atoms with Crippen molar-refractivity contribution in [1.29, 1.82) is 0 Å². The molecule has 5 rings (SSSR count). The molecule has 2 N–H and O–H groups in total. The van der Waals surface area contributed by atoms with Gasteiger partial charge in [0.1, 0.15) is 10.2 Å². The minimum Gasteiger partial charge on any atom is -0.326 e. The van der Waals surface area contributed by atoms with Gasteiger partial charge in [0.15, 0.2) is 5.13 Å². The van der Waals surface area contributed by atoms with Crippen molar-refractivity contribution in [3.05, 3.63) is 86.6 Å². The first kappa shape index (κ1) is 25.5. The molecule has 5 nitrogen and oxygen atoms in total. The van der Waals surface area contributed by atoms with Crippen LogP contribution in [0.1, 0.15) is 21.8 Å². The van der Waals surface area contributed by atoms with Gasteiger partial charge in [-0.2, -0.15) is 0 Å². The molecule has 3 aromatic carbocycles. The highest BCUT2D eigenvalue weighted by molar-refractivity contribution is 7.22. The SMILES string of the molecule is O=C(Nc1nc2cc(F)ccc2s1)c1cc(NC(=O)[C@@H]2[C@@H](c3cc(Cl)cc(Cl)c3)C2(Cl)Cl)ccc1Cl. The van der Waals surface area contributed by atoms with E-state index >= 15 is 0 Å². The summed E-state index contributed by atoms with van der Waals surface area (Å²) < 4.78 is 12.8. The van der Waals surface area contributed by atoms with Gasteiger partial charge in [-0.15, -0.1) is 23.2 Å². The Bertz CT molecular complexity index is 1520. The smallest absolute Gasteiger partial charge is 0.259 e. The zero-order valence-electron chi connectivity index (χ0n) is 17.8. The second kappa shape index (κ2) is 9.63. The molecular formula is C24H13Cl5FN3O2S. The largest absolute Gasteiger partial charge is 0.326 e. The van der Waals surface area contributed by atoms with Crippen LogP contribution >= 0.6 is 69.3 Å². The van der Waals surface area contributed by atoms with Crippen LogP contribution in [0.5, 0.6) is 0 Å². The highest BCUT2D eigenvalue weighted by Crippen LogP contribution is 2.65. The van der Waals surface area contributed by atoms with E-state index in [-0.39, 0.29) is 15.7 Å². The topological polar surface area (TPSA) is 71.1 Å². The van der Waals surface area contributed by atoms with Gasteiger partial charge in [-0.25, -0.2) is 9.37 Å². The molecule has 0 saturated heterocycles. The fourth-order valence-corrected chi connectivity index (χ4v) is 6.35. The van der Waals surface area contributed by atoms with Crippen LogP contribution in [0.4, 0.5) is 15.2 Å². The maximum absolute atomic E-state index is 13.4. The van der Waals surface area contributed by atoms with E-state index < -0.39 is 33.8 Å². The second-order valence-corrected chi connectivity index (χ2v) is 11.9. The summed E-state index contributed by atoms with van der Waals surface area (Å²) in [5, 5.41) is 6.64. The minimum atomic E-state index is -1.35. The van der Waals surface area contributed by atoms with Crippen LogP contribution in [0, 0.1) is 11.7 Å². The molecule has 1 heterocycles. The van der Waals surface area contributed by atoms with E-state index in [0.717, 1.165) is 0 Å². The van der Waals surface area contributed by atoms with Gasteiger partial charge < -0.3 is 5.32 Å². The first-order valence-electron chi connectivity index (χ1n) is 10.3. The van der Waals surface area contributed by atoms with Crippen molar-refractivity contribution in [2.75, 3.05) is 10.6 Å². The lowest BCUT2D eigenvalue weighted by molar-refractivity contribution is -0.117. The number of hydrogen-bond acceptors (Lipinski definition) is 4. The van der Waals surface area contributed by atoms with Crippen LogP contribution in [0.2, 0.25) is 15.1 Å². The van der Waals surface area contributed by atoms with E-state index in [1.54, 1.807) is 30.3 Å². The van der Waals surface area contributed by atoms with Gasteiger partial charge in [0.2, 0.25) is 5.91 Å². The third-order valence-electron chi connectivity index (χ3n) is 5.63. The number of hydrogen-bond donors (Lipinski definition) is 2. The number of amides is 2. The van der Waals surface area contributed by atoms with Crippen LogP contribution < -0.4 is 10.6 Å². The summed E-state index contributed by atoms with van der Waals surface area (Å²) in [6.45, 7) is 0. The summed E-state index contributed by atoms with van der Waals surface area (Å²) in [6, 6.07) is 13.5. The zero-order chi connectivity index (χ0) is 25.8. The molecule has 4 aromatic rings. The van der Waals surface area contributed by atoms with E-state index in [2.05, 4.69) is 15.6 Å². The Morgan fingerprint density at radius 2 is 1.67 bits per heavy atom. The van der Waals surface area contributed by atoms with Crippen LogP contribution in [-0.2, 0) is 4.79 Å². The molecule has 0 spiro atoms. The average molecular weight is 604 g/mol. The average Bonchev–Trinajstić information content (AvgIpc) is 3.16. The van der Waals surface area contributed by atoms with E-state index in [0.29, 0.717) is 31.5 Å². The highest BCUT2D eigenvalue weighted by Gasteiger charge is 2.67. The number of fused-ring (bicyclic) bond motifs is 1. The maximum atomic E-state index is 13.4. The summed E-state index contributed by atoms with van der Waals surface area (Å²) in [6.07, 6.45) is 0. The summed E-state index contributed by atoms with van der Waals surface area (Å²) in [5.74, 6) is -2.70. The molecule has 1 aliphatic rings. The molecule has 184 valence electrons. The van der Waals surface area contributed by atoms with Crippen molar-refractivity contribution in [2.45, 2.75) is 10.3 Å². The molecule has 0 bridgehead atoms. The lowest BCUT2D eigenvalue weighted by Crippen LogP contribution is -2.18. The third kappa shape index (κ3) is 5.01. The highest BCUT2D eigenvalue weighted by atomic mass is 35.5. The molecule has 1 fully saturated rings. The van der Waals surface area contributed by atoms with Crippen LogP contribution in [-0.4, -0.2) is 21.1 Å². The number of carbonyl (C=O) groups excluding carboxylic acids is 2. The van der Waals surface area contributed by atoms with Crippen LogP contribution in [0.25, 0.3) is 10.2 Å². The molecule has 2 amide bonds. The Kier molecular flexibility index (Phi) is 6.83. The molecule has 0 unspecified atom stereocenters. The number of anilines is 2. The lowest BCUT2D eigenvalue weighted by atomic mass is 10.1. The summed E-state index contributed by atoms with van der Waals surface area (Å²) >= 11 is 32.4. The van der Waals surface area contributed by atoms with Gasteiger partial charge >= 0.3 is 0 Å². The van der Waals surface area contributed by atoms with E-state index in [1.807, 2.05) is 0 Å². The standard InChI is InChI=1S/C24H13Cl5FN3O2S/c25-11-5-10(6-12(26)7-11)19-20(24(19,28)29)22(35)31-14-2-3-16(27)15(9-14)21(34)33-23-32-17-8-13(30)1-4-18(17)36-23/h1-9,19-20H,(H,31,35)(H,32,33,34)/t19-,20+/m1/s1.